The topological polar surface area (TPSA) is 52.6 Å². The minimum Gasteiger partial charge on any atom is -0.465 e. The molecule has 0 spiro atoms. The molecule has 0 amide bonds. The van der Waals surface area contributed by atoms with E-state index in [2.05, 4.69) is 19.2 Å². The molecule has 2 aliphatic rings. The minimum atomic E-state index is -0.611. The molecule has 0 saturated carbocycles. The van der Waals surface area contributed by atoms with Crippen LogP contribution in [0.4, 0.5) is 0 Å². The largest absolute Gasteiger partial charge is 0.465 e. The molecule has 0 aliphatic carbocycles. The molecule has 1 aromatic carbocycles. The van der Waals surface area contributed by atoms with E-state index in [1.165, 1.54) is 0 Å². The smallest absolute Gasteiger partial charge is 0.322 e. The average molecular weight is 346 g/mol. The number of quaternary nitrogens is 1. The highest BCUT2D eigenvalue weighted by molar-refractivity contribution is 6.00. The molecule has 136 valence electrons. The monoisotopic (exact) mass is 346 g/mol. The van der Waals surface area contributed by atoms with Gasteiger partial charge in [0.2, 0.25) is 0 Å². The van der Waals surface area contributed by atoms with Gasteiger partial charge in [0.25, 0.3) is 0 Å². The Morgan fingerprint density at radius 2 is 1.96 bits per heavy atom. The lowest BCUT2D eigenvalue weighted by molar-refractivity contribution is -0.945. The lowest BCUT2D eigenvalue weighted by Crippen LogP contribution is -2.67. The highest BCUT2D eigenvalue weighted by Crippen LogP contribution is 2.36. The van der Waals surface area contributed by atoms with Crippen LogP contribution < -0.4 is 0 Å². The summed E-state index contributed by atoms with van der Waals surface area (Å²) < 4.78 is 11.8. The van der Waals surface area contributed by atoms with Crippen LogP contribution in [0, 0.1) is 11.8 Å². The fraction of sp³-hybridized carbons (Fsp3) is 0.600. The molecule has 0 N–H and O–H groups in total. The molecule has 2 aliphatic heterocycles. The van der Waals surface area contributed by atoms with Crippen molar-refractivity contribution in [2.75, 3.05) is 33.4 Å². The second-order valence-electron chi connectivity index (χ2n) is 7.48. The first-order valence-corrected chi connectivity index (χ1v) is 9.19. The van der Waals surface area contributed by atoms with Crippen LogP contribution >= 0.6 is 0 Å². The van der Waals surface area contributed by atoms with Gasteiger partial charge >= 0.3 is 5.97 Å². The number of hydrogen-bond acceptors (Lipinski definition) is 4. The van der Waals surface area contributed by atoms with Gasteiger partial charge in [0.05, 0.1) is 45.9 Å². The SMILES string of the molecule is CCOC(=O)C1C[N+]2(C)CC(CCC2COCc2ccccc2)C1=O. The van der Waals surface area contributed by atoms with E-state index in [0.717, 1.165) is 29.4 Å². The summed E-state index contributed by atoms with van der Waals surface area (Å²) in [5, 5.41) is 0. The van der Waals surface area contributed by atoms with Gasteiger partial charge in [0.1, 0.15) is 6.04 Å². The maximum Gasteiger partial charge on any atom is 0.322 e. The molecule has 2 saturated heterocycles. The molecule has 5 heteroatoms. The number of carbonyl (C=O) groups is 2. The highest BCUT2D eigenvalue weighted by Gasteiger charge is 2.52. The summed E-state index contributed by atoms with van der Waals surface area (Å²) in [6.07, 6.45) is 1.82. The van der Waals surface area contributed by atoms with E-state index in [-0.39, 0.29) is 17.7 Å². The van der Waals surface area contributed by atoms with Crippen LogP contribution in [0.25, 0.3) is 0 Å². The van der Waals surface area contributed by atoms with Gasteiger partial charge in [-0.25, -0.2) is 0 Å². The van der Waals surface area contributed by atoms with Crippen molar-refractivity contribution in [1.29, 1.82) is 0 Å². The van der Waals surface area contributed by atoms with E-state index in [9.17, 15) is 9.59 Å². The first kappa shape index (κ1) is 18.1. The summed E-state index contributed by atoms with van der Waals surface area (Å²) in [7, 11) is 2.15. The molecule has 1 aromatic rings. The number of benzene rings is 1. The molecule has 3 rings (SSSR count). The van der Waals surface area contributed by atoms with Crippen molar-refractivity contribution in [3.05, 3.63) is 35.9 Å². The summed E-state index contributed by atoms with van der Waals surface area (Å²) >= 11 is 0. The molecule has 0 aromatic heterocycles. The van der Waals surface area contributed by atoms with E-state index in [1.807, 2.05) is 18.2 Å². The quantitative estimate of drug-likeness (QED) is 0.450. The van der Waals surface area contributed by atoms with Gasteiger partial charge in [0.15, 0.2) is 11.7 Å². The second kappa shape index (κ2) is 7.67. The Morgan fingerprint density at radius 1 is 1.20 bits per heavy atom. The molecule has 2 fully saturated rings. The van der Waals surface area contributed by atoms with Crippen LogP contribution in [-0.2, 0) is 25.7 Å². The van der Waals surface area contributed by atoms with Crippen LogP contribution in [0.3, 0.4) is 0 Å². The van der Waals surface area contributed by atoms with Gasteiger partial charge in [0, 0.05) is 6.42 Å². The van der Waals surface area contributed by atoms with Gasteiger partial charge in [-0.2, -0.15) is 0 Å². The molecule has 2 heterocycles. The van der Waals surface area contributed by atoms with Crippen molar-refractivity contribution in [3.8, 4) is 0 Å². The van der Waals surface area contributed by atoms with Crippen molar-refractivity contribution in [1.82, 2.24) is 0 Å². The third kappa shape index (κ3) is 3.93. The summed E-state index contributed by atoms with van der Waals surface area (Å²) in [5.74, 6) is -0.899. The number of Topliss-reactive ketones (excluding diaryl/α,β-unsaturated/α-hetero) is 1. The van der Waals surface area contributed by atoms with Crippen LogP contribution in [-0.4, -0.2) is 55.6 Å². The molecule has 5 nitrogen and oxygen atoms in total. The molecule has 4 unspecified atom stereocenters. The van der Waals surface area contributed by atoms with Crippen molar-refractivity contribution in [2.45, 2.75) is 32.4 Å². The third-order valence-corrected chi connectivity index (χ3v) is 5.71. The number of ether oxygens (including phenoxy) is 2. The Bertz CT molecular complexity index is 617. The Balaban J connectivity index is 1.62. The lowest BCUT2D eigenvalue weighted by atomic mass is 9.77. The summed E-state index contributed by atoms with van der Waals surface area (Å²) in [4.78, 5) is 24.8. The number of fused-ring (bicyclic) bond motifs is 2. The lowest BCUT2D eigenvalue weighted by Gasteiger charge is -2.51. The molecule has 2 bridgehead atoms. The number of rotatable bonds is 6. The number of ketones is 1. The fourth-order valence-corrected chi connectivity index (χ4v) is 4.28. The predicted octanol–water partition coefficient (Wildman–Crippen LogP) is 2.19. The minimum absolute atomic E-state index is 0.0153. The van der Waals surface area contributed by atoms with E-state index in [0.29, 0.717) is 32.4 Å². The Kier molecular flexibility index (Phi) is 5.54. The predicted molar refractivity (Wildman–Crippen MR) is 93.7 cm³/mol. The van der Waals surface area contributed by atoms with Crippen LogP contribution in [0.2, 0.25) is 0 Å². The first-order valence-electron chi connectivity index (χ1n) is 9.19. The maximum atomic E-state index is 12.6. The van der Waals surface area contributed by atoms with Gasteiger partial charge in [-0.05, 0) is 18.9 Å². The fourth-order valence-electron chi connectivity index (χ4n) is 4.28. The maximum absolute atomic E-state index is 12.6. The number of likely N-dealkylation sites (N-methyl/N-ethyl adjacent to an activating group) is 1. The zero-order valence-corrected chi connectivity index (χ0v) is 15.1. The normalized spacial score (nSPS) is 31.6. The van der Waals surface area contributed by atoms with E-state index in [4.69, 9.17) is 9.47 Å². The van der Waals surface area contributed by atoms with E-state index in [1.54, 1.807) is 6.92 Å². The standard InChI is InChI=1S/C20H28NO4/c1-3-25-20(23)18-12-21(2)11-16(19(18)22)9-10-17(21)14-24-13-15-7-5-4-6-8-15/h4-8,16-18H,3,9-14H2,1-2H3/q+1. The van der Waals surface area contributed by atoms with E-state index >= 15 is 0 Å². The highest BCUT2D eigenvalue weighted by atomic mass is 16.5. The Morgan fingerprint density at radius 3 is 2.68 bits per heavy atom. The van der Waals surface area contributed by atoms with Crippen molar-refractivity contribution in [3.63, 3.8) is 0 Å². The average Bonchev–Trinajstić information content (AvgIpc) is 2.61. The van der Waals surface area contributed by atoms with Crippen molar-refractivity contribution >= 4 is 11.8 Å². The van der Waals surface area contributed by atoms with Crippen LogP contribution in [0.15, 0.2) is 30.3 Å². The number of carbonyl (C=O) groups excluding carboxylic acids is 2. The molecule has 0 radical (unpaired) electrons. The van der Waals surface area contributed by atoms with Gasteiger partial charge in [-0.15, -0.1) is 0 Å². The van der Waals surface area contributed by atoms with Gasteiger partial charge < -0.3 is 14.0 Å². The van der Waals surface area contributed by atoms with Gasteiger partial charge in [-0.3, -0.25) is 9.59 Å². The number of nitrogens with zero attached hydrogens (tertiary/aromatic N) is 1. The summed E-state index contributed by atoms with van der Waals surface area (Å²) in [6, 6.07) is 10.5. The first-order chi connectivity index (χ1) is 12.0. The second-order valence-corrected chi connectivity index (χ2v) is 7.48. The number of piperidine rings is 2. The zero-order chi connectivity index (χ0) is 17.9. The summed E-state index contributed by atoms with van der Waals surface area (Å²) in [6.45, 7) is 4.70. The van der Waals surface area contributed by atoms with E-state index < -0.39 is 5.92 Å². The molecular weight excluding hydrogens is 318 g/mol. The zero-order valence-electron chi connectivity index (χ0n) is 15.1. The van der Waals surface area contributed by atoms with Crippen molar-refractivity contribution < 1.29 is 23.5 Å². The molecule has 4 atom stereocenters. The Hall–Kier alpha value is -1.72. The molecule has 25 heavy (non-hydrogen) atoms. The number of esters is 1. The van der Waals surface area contributed by atoms with Gasteiger partial charge in [-0.1, -0.05) is 30.3 Å². The summed E-state index contributed by atoms with van der Waals surface area (Å²) in [5.41, 5.74) is 1.16. The number of hydrogen-bond donors (Lipinski definition) is 0. The van der Waals surface area contributed by atoms with Crippen LogP contribution in [0.1, 0.15) is 25.3 Å². The molecular formula is C20H28NO4+. The van der Waals surface area contributed by atoms with Crippen molar-refractivity contribution in [2.24, 2.45) is 11.8 Å². The third-order valence-electron chi connectivity index (χ3n) is 5.71. The van der Waals surface area contributed by atoms with Crippen LogP contribution in [0.5, 0.6) is 0 Å². The Labute approximate surface area is 149 Å².